The summed E-state index contributed by atoms with van der Waals surface area (Å²) in [5.41, 5.74) is 0.524. The Labute approximate surface area is 114 Å². The second-order valence-electron chi connectivity index (χ2n) is 7.29. The van der Waals surface area contributed by atoms with Crippen molar-refractivity contribution in [1.29, 1.82) is 0 Å². The number of nitrogens with zero attached hydrogens (tertiary/aromatic N) is 1. The van der Waals surface area contributed by atoms with Gasteiger partial charge in [0.05, 0.1) is 0 Å². The van der Waals surface area contributed by atoms with Gasteiger partial charge in [-0.2, -0.15) is 0 Å². The van der Waals surface area contributed by atoms with Gasteiger partial charge in [0, 0.05) is 18.6 Å². The Balaban J connectivity index is 2.03. The summed E-state index contributed by atoms with van der Waals surface area (Å²) in [6.07, 6.45) is 8.36. The molecule has 0 aromatic heterocycles. The minimum atomic E-state index is 0.524. The van der Waals surface area contributed by atoms with Crippen molar-refractivity contribution < 1.29 is 0 Å². The second-order valence-corrected chi connectivity index (χ2v) is 7.29. The van der Waals surface area contributed by atoms with Crippen LogP contribution in [0.3, 0.4) is 0 Å². The lowest BCUT2D eigenvalue weighted by Crippen LogP contribution is -2.56. The molecule has 2 aliphatic rings. The molecule has 0 bridgehead atoms. The molecule has 3 atom stereocenters. The molecular weight excluding hydrogens is 220 g/mol. The van der Waals surface area contributed by atoms with Crippen molar-refractivity contribution in [1.82, 2.24) is 10.2 Å². The Kier molecular flexibility index (Phi) is 4.71. The highest BCUT2D eigenvalue weighted by Crippen LogP contribution is 2.35. The predicted octanol–water partition coefficient (Wildman–Crippen LogP) is 3.28. The maximum Gasteiger partial charge on any atom is 0.0252 e. The van der Waals surface area contributed by atoms with Crippen LogP contribution in [0.2, 0.25) is 0 Å². The summed E-state index contributed by atoms with van der Waals surface area (Å²) in [5.74, 6) is 0.963. The van der Waals surface area contributed by atoms with Gasteiger partial charge in [0.1, 0.15) is 0 Å². The highest BCUT2D eigenvalue weighted by molar-refractivity contribution is 4.93. The summed E-state index contributed by atoms with van der Waals surface area (Å²) in [6, 6.07) is 1.51. The highest BCUT2D eigenvalue weighted by atomic mass is 15.2. The van der Waals surface area contributed by atoms with Gasteiger partial charge in [0.25, 0.3) is 0 Å². The van der Waals surface area contributed by atoms with E-state index in [1.54, 1.807) is 0 Å². The average Bonchev–Trinajstić information content (AvgIpc) is 2.36. The number of likely N-dealkylation sites (tertiary alicyclic amines) is 1. The fraction of sp³-hybridized carbons (Fsp3) is 1.00. The van der Waals surface area contributed by atoms with E-state index in [1.165, 1.54) is 51.6 Å². The molecule has 1 heterocycles. The van der Waals surface area contributed by atoms with Crippen molar-refractivity contribution in [3.63, 3.8) is 0 Å². The van der Waals surface area contributed by atoms with Crippen LogP contribution in [-0.2, 0) is 0 Å². The van der Waals surface area contributed by atoms with Gasteiger partial charge in [-0.1, -0.05) is 27.2 Å². The van der Waals surface area contributed by atoms with Gasteiger partial charge in [-0.15, -0.1) is 0 Å². The first kappa shape index (κ1) is 14.3. The molecule has 2 nitrogen and oxygen atoms in total. The molecule has 0 radical (unpaired) electrons. The van der Waals surface area contributed by atoms with E-state index in [0.717, 1.165) is 18.0 Å². The van der Waals surface area contributed by atoms with Crippen molar-refractivity contribution >= 4 is 0 Å². The lowest BCUT2D eigenvalue weighted by Gasteiger charge is -2.48. The zero-order valence-corrected chi connectivity index (χ0v) is 12.8. The van der Waals surface area contributed by atoms with Crippen LogP contribution in [0, 0.1) is 11.3 Å². The molecule has 1 saturated heterocycles. The molecule has 0 amide bonds. The van der Waals surface area contributed by atoms with E-state index in [0.29, 0.717) is 5.41 Å². The van der Waals surface area contributed by atoms with Crippen molar-refractivity contribution in [3.05, 3.63) is 0 Å². The van der Waals surface area contributed by atoms with Gasteiger partial charge in [0.15, 0.2) is 0 Å². The lowest BCUT2D eigenvalue weighted by molar-refractivity contribution is 0.0334. The average molecular weight is 252 g/mol. The van der Waals surface area contributed by atoms with E-state index < -0.39 is 0 Å². The fourth-order valence-electron chi connectivity index (χ4n) is 4.09. The lowest BCUT2D eigenvalue weighted by atomic mass is 9.77. The molecule has 18 heavy (non-hydrogen) atoms. The number of likely N-dealkylation sites (N-methyl/N-ethyl adjacent to an activating group) is 1. The van der Waals surface area contributed by atoms with Crippen LogP contribution in [0.1, 0.15) is 59.3 Å². The largest absolute Gasteiger partial charge is 0.315 e. The normalized spacial score (nSPS) is 37.7. The maximum absolute atomic E-state index is 3.58. The quantitative estimate of drug-likeness (QED) is 0.829. The minimum Gasteiger partial charge on any atom is -0.315 e. The molecule has 1 aliphatic carbocycles. The standard InChI is InChI=1S/C16H32N2/c1-5-13-7-8-14(17-4)15(11-13)18-10-6-9-16(2,3)12-18/h13-15,17H,5-12H2,1-4H3. The van der Waals surface area contributed by atoms with Crippen molar-refractivity contribution in [2.75, 3.05) is 20.1 Å². The fourth-order valence-corrected chi connectivity index (χ4v) is 4.09. The van der Waals surface area contributed by atoms with Gasteiger partial charge in [0.2, 0.25) is 0 Å². The monoisotopic (exact) mass is 252 g/mol. The van der Waals surface area contributed by atoms with Crippen LogP contribution in [0.15, 0.2) is 0 Å². The van der Waals surface area contributed by atoms with Gasteiger partial charge in [-0.3, -0.25) is 4.90 Å². The Morgan fingerprint density at radius 1 is 1.28 bits per heavy atom. The van der Waals surface area contributed by atoms with E-state index in [1.807, 2.05) is 0 Å². The van der Waals surface area contributed by atoms with E-state index >= 15 is 0 Å². The summed E-state index contributed by atoms with van der Waals surface area (Å²) < 4.78 is 0. The Bertz CT molecular complexity index is 262. The van der Waals surface area contributed by atoms with E-state index in [4.69, 9.17) is 0 Å². The smallest absolute Gasteiger partial charge is 0.0252 e. The van der Waals surface area contributed by atoms with Gasteiger partial charge in [-0.05, 0) is 57.0 Å². The zero-order valence-electron chi connectivity index (χ0n) is 12.8. The van der Waals surface area contributed by atoms with Crippen LogP contribution < -0.4 is 5.32 Å². The Hall–Kier alpha value is -0.0800. The molecule has 1 aliphatic heterocycles. The number of hydrogen-bond acceptors (Lipinski definition) is 2. The Morgan fingerprint density at radius 2 is 2.06 bits per heavy atom. The topological polar surface area (TPSA) is 15.3 Å². The van der Waals surface area contributed by atoms with E-state index in [2.05, 4.69) is 38.0 Å². The highest BCUT2D eigenvalue weighted by Gasteiger charge is 2.37. The molecule has 2 fully saturated rings. The number of piperidine rings is 1. The summed E-state index contributed by atoms with van der Waals surface area (Å²) in [7, 11) is 2.15. The van der Waals surface area contributed by atoms with Crippen LogP contribution >= 0.6 is 0 Å². The maximum atomic E-state index is 3.58. The molecule has 1 saturated carbocycles. The minimum absolute atomic E-state index is 0.524. The molecular formula is C16H32N2. The predicted molar refractivity (Wildman–Crippen MR) is 78.9 cm³/mol. The molecule has 2 rings (SSSR count). The summed E-state index contributed by atoms with van der Waals surface area (Å²) in [6.45, 7) is 9.86. The first-order chi connectivity index (χ1) is 8.55. The molecule has 0 aromatic carbocycles. The summed E-state index contributed by atoms with van der Waals surface area (Å²) >= 11 is 0. The van der Waals surface area contributed by atoms with E-state index in [9.17, 15) is 0 Å². The molecule has 3 unspecified atom stereocenters. The van der Waals surface area contributed by atoms with Gasteiger partial charge >= 0.3 is 0 Å². The molecule has 0 aromatic rings. The van der Waals surface area contributed by atoms with Crippen LogP contribution in [0.25, 0.3) is 0 Å². The third-order valence-electron chi connectivity index (χ3n) is 5.27. The van der Waals surface area contributed by atoms with Crippen LogP contribution in [0.5, 0.6) is 0 Å². The van der Waals surface area contributed by atoms with Crippen molar-refractivity contribution in [2.45, 2.75) is 71.4 Å². The third-order valence-corrected chi connectivity index (χ3v) is 5.27. The van der Waals surface area contributed by atoms with Crippen LogP contribution in [-0.4, -0.2) is 37.1 Å². The Morgan fingerprint density at radius 3 is 2.67 bits per heavy atom. The first-order valence-corrected chi connectivity index (χ1v) is 7.97. The third kappa shape index (κ3) is 3.27. The first-order valence-electron chi connectivity index (χ1n) is 7.97. The zero-order chi connectivity index (χ0) is 13.2. The molecule has 0 spiro atoms. The SMILES string of the molecule is CCC1CCC(NC)C(N2CCCC(C)(C)C2)C1. The van der Waals surface area contributed by atoms with Gasteiger partial charge in [-0.25, -0.2) is 0 Å². The molecule has 106 valence electrons. The molecule has 1 N–H and O–H groups in total. The second kappa shape index (κ2) is 5.92. The number of hydrogen-bond donors (Lipinski definition) is 1. The summed E-state index contributed by atoms with van der Waals surface area (Å²) in [5, 5.41) is 3.58. The number of nitrogens with one attached hydrogen (secondary N) is 1. The van der Waals surface area contributed by atoms with E-state index in [-0.39, 0.29) is 0 Å². The number of rotatable bonds is 3. The van der Waals surface area contributed by atoms with Crippen molar-refractivity contribution in [2.24, 2.45) is 11.3 Å². The van der Waals surface area contributed by atoms with Gasteiger partial charge < -0.3 is 5.32 Å². The van der Waals surface area contributed by atoms with Crippen LogP contribution in [0.4, 0.5) is 0 Å². The molecule has 2 heteroatoms. The summed E-state index contributed by atoms with van der Waals surface area (Å²) in [4.78, 5) is 2.80. The van der Waals surface area contributed by atoms with Crippen molar-refractivity contribution in [3.8, 4) is 0 Å².